The third kappa shape index (κ3) is 2.28. The number of aliphatic hydroxyl groups is 1. The van der Waals surface area contributed by atoms with Gasteiger partial charge in [-0.05, 0) is 31.2 Å². The van der Waals surface area contributed by atoms with Crippen molar-refractivity contribution in [2.75, 3.05) is 0 Å². The van der Waals surface area contributed by atoms with Crippen molar-refractivity contribution in [2.24, 2.45) is 11.8 Å². The zero-order valence-electron chi connectivity index (χ0n) is 11.6. The van der Waals surface area contributed by atoms with Crippen LogP contribution in [-0.2, 0) is 12.0 Å². The van der Waals surface area contributed by atoms with Gasteiger partial charge in [0.15, 0.2) is 0 Å². The van der Waals surface area contributed by atoms with E-state index in [9.17, 15) is 5.11 Å². The van der Waals surface area contributed by atoms with E-state index < -0.39 is 5.60 Å². The van der Waals surface area contributed by atoms with Crippen LogP contribution < -0.4 is 0 Å². The van der Waals surface area contributed by atoms with Crippen LogP contribution >= 0.6 is 0 Å². The molecule has 0 aromatic carbocycles. The molecule has 0 fully saturated rings. The highest BCUT2D eigenvalue weighted by Crippen LogP contribution is 2.42. The summed E-state index contributed by atoms with van der Waals surface area (Å²) in [6.07, 6.45) is 1.81. The largest absolute Gasteiger partial charge is 0.465 e. The molecule has 2 rings (SSSR count). The van der Waals surface area contributed by atoms with Gasteiger partial charge >= 0.3 is 0 Å². The lowest BCUT2D eigenvalue weighted by atomic mass is 9.74. The minimum absolute atomic E-state index is 0.383. The molecule has 1 N–H and O–H groups in total. The second-order valence-electron chi connectivity index (χ2n) is 6.33. The molecular formula is C15H24O2. The molecule has 0 spiro atoms. The lowest BCUT2D eigenvalue weighted by Crippen LogP contribution is -2.33. The van der Waals surface area contributed by atoms with E-state index in [4.69, 9.17) is 4.42 Å². The van der Waals surface area contributed by atoms with Crippen molar-refractivity contribution >= 4 is 0 Å². The second-order valence-corrected chi connectivity index (χ2v) is 6.33. The van der Waals surface area contributed by atoms with Gasteiger partial charge in [-0.1, -0.05) is 27.7 Å². The van der Waals surface area contributed by atoms with Crippen molar-refractivity contribution in [1.29, 1.82) is 0 Å². The first-order chi connectivity index (χ1) is 7.81. The Morgan fingerprint density at radius 2 is 2.00 bits per heavy atom. The highest BCUT2D eigenvalue weighted by atomic mass is 16.3. The van der Waals surface area contributed by atoms with Crippen LogP contribution in [0, 0.1) is 11.8 Å². The maximum absolute atomic E-state index is 10.6. The van der Waals surface area contributed by atoms with E-state index in [1.54, 1.807) is 0 Å². The third-order valence-corrected chi connectivity index (χ3v) is 4.03. The molecule has 1 aromatic rings. The van der Waals surface area contributed by atoms with E-state index in [0.717, 1.165) is 29.9 Å². The Morgan fingerprint density at radius 3 is 2.53 bits per heavy atom. The van der Waals surface area contributed by atoms with Gasteiger partial charge in [0.25, 0.3) is 0 Å². The summed E-state index contributed by atoms with van der Waals surface area (Å²) in [7, 11) is 0. The van der Waals surface area contributed by atoms with Crippen LogP contribution in [0.25, 0.3) is 0 Å². The molecular weight excluding hydrogens is 212 g/mol. The Kier molecular flexibility index (Phi) is 3.11. The average molecular weight is 236 g/mol. The van der Waals surface area contributed by atoms with Gasteiger partial charge < -0.3 is 9.52 Å². The molecule has 0 saturated carbocycles. The number of furan rings is 1. The molecule has 1 aliphatic rings. The molecule has 2 nitrogen and oxygen atoms in total. The zero-order chi connectivity index (χ0) is 12.8. The first kappa shape index (κ1) is 12.7. The minimum atomic E-state index is -0.723. The fourth-order valence-electron chi connectivity index (χ4n) is 2.74. The smallest absolute Gasteiger partial charge is 0.110 e. The molecule has 17 heavy (non-hydrogen) atoms. The average Bonchev–Trinajstić information content (AvgIpc) is 2.61. The van der Waals surface area contributed by atoms with E-state index in [-0.39, 0.29) is 0 Å². The fourth-order valence-corrected chi connectivity index (χ4v) is 2.74. The van der Waals surface area contributed by atoms with Gasteiger partial charge in [0.1, 0.15) is 11.5 Å². The summed E-state index contributed by atoms with van der Waals surface area (Å²) in [6.45, 7) is 10.6. The van der Waals surface area contributed by atoms with Crippen molar-refractivity contribution in [2.45, 2.75) is 59.0 Å². The maximum Gasteiger partial charge on any atom is 0.110 e. The van der Waals surface area contributed by atoms with Crippen molar-refractivity contribution in [1.82, 2.24) is 0 Å². The van der Waals surface area contributed by atoms with Gasteiger partial charge in [0.05, 0.1) is 5.60 Å². The Hall–Kier alpha value is -0.760. The van der Waals surface area contributed by atoms with E-state index in [1.165, 1.54) is 0 Å². The van der Waals surface area contributed by atoms with Crippen LogP contribution in [0.15, 0.2) is 10.5 Å². The monoisotopic (exact) mass is 236 g/mol. The summed E-state index contributed by atoms with van der Waals surface area (Å²) in [5, 5.41) is 10.6. The zero-order valence-corrected chi connectivity index (χ0v) is 11.6. The highest BCUT2D eigenvalue weighted by molar-refractivity contribution is 5.31. The lowest BCUT2D eigenvalue weighted by molar-refractivity contribution is 0.00869. The molecule has 2 unspecified atom stereocenters. The van der Waals surface area contributed by atoms with Crippen molar-refractivity contribution in [3.63, 3.8) is 0 Å². The molecule has 96 valence electrons. The SMILES string of the molecule is CC(C)c1cc2c(o1)CC(C(C)C)CC2(C)O. The van der Waals surface area contributed by atoms with Gasteiger partial charge in [-0.25, -0.2) is 0 Å². The Balaban J connectivity index is 2.38. The van der Waals surface area contributed by atoms with Crippen LogP contribution in [0.5, 0.6) is 0 Å². The normalized spacial score (nSPS) is 28.8. The van der Waals surface area contributed by atoms with Crippen LogP contribution in [0.1, 0.15) is 64.0 Å². The van der Waals surface area contributed by atoms with Crippen molar-refractivity contribution < 1.29 is 9.52 Å². The van der Waals surface area contributed by atoms with E-state index >= 15 is 0 Å². The predicted octanol–water partition coefficient (Wildman–Crippen LogP) is 3.83. The van der Waals surface area contributed by atoms with Crippen molar-refractivity contribution in [3.05, 3.63) is 23.2 Å². The molecule has 1 heterocycles. The van der Waals surface area contributed by atoms with Gasteiger partial charge in [0.2, 0.25) is 0 Å². The maximum atomic E-state index is 10.6. The summed E-state index contributed by atoms with van der Waals surface area (Å²) in [5.41, 5.74) is 0.289. The molecule has 0 radical (unpaired) electrons. The van der Waals surface area contributed by atoms with Crippen LogP contribution in [-0.4, -0.2) is 5.11 Å². The molecule has 2 heteroatoms. The minimum Gasteiger partial charge on any atom is -0.465 e. The van der Waals surface area contributed by atoms with E-state index in [2.05, 4.69) is 33.8 Å². The summed E-state index contributed by atoms with van der Waals surface area (Å²) in [5.74, 6) is 3.49. The number of hydrogen-bond acceptors (Lipinski definition) is 2. The molecule has 2 atom stereocenters. The van der Waals surface area contributed by atoms with Crippen LogP contribution in [0.3, 0.4) is 0 Å². The van der Waals surface area contributed by atoms with Gasteiger partial charge in [0, 0.05) is 17.9 Å². The fraction of sp³-hybridized carbons (Fsp3) is 0.733. The summed E-state index contributed by atoms with van der Waals surface area (Å²) < 4.78 is 5.92. The Bertz CT molecular complexity index is 399. The molecule has 0 amide bonds. The molecule has 1 aliphatic carbocycles. The van der Waals surface area contributed by atoms with Gasteiger partial charge in [-0.15, -0.1) is 0 Å². The third-order valence-electron chi connectivity index (χ3n) is 4.03. The van der Waals surface area contributed by atoms with Crippen LogP contribution in [0.4, 0.5) is 0 Å². The topological polar surface area (TPSA) is 33.4 Å². The quantitative estimate of drug-likeness (QED) is 0.846. The number of fused-ring (bicyclic) bond motifs is 1. The lowest BCUT2D eigenvalue weighted by Gasteiger charge is -2.35. The molecule has 0 aliphatic heterocycles. The van der Waals surface area contributed by atoms with Crippen LogP contribution in [0.2, 0.25) is 0 Å². The standard InChI is InChI=1S/C15H24O2/c1-9(2)11-6-14-12(15(5,16)8-11)7-13(17-14)10(3)4/h7,9-11,16H,6,8H2,1-5H3. The number of hydrogen-bond donors (Lipinski definition) is 1. The Labute approximate surface area is 104 Å². The highest BCUT2D eigenvalue weighted by Gasteiger charge is 2.38. The van der Waals surface area contributed by atoms with Gasteiger partial charge in [-0.3, -0.25) is 0 Å². The first-order valence-corrected chi connectivity index (χ1v) is 6.66. The first-order valence-electron chi connectivity index (χ1n) is 6.66. The molecule has 0 saturated heterocycles. The number of rotatable bonds is 2. The summed E-state index contributed by atoms with van der Waals surface area (Å²) in [6, 6.07) is 2.05. The predicted molar refractivity (Wildman–Crippen MR) is 69.0 cm³/mol. The Morgan fingerprint density at radius 1 is 1.35 bits per heavy atom. The second kappa shape index (κ2) is 4.16. The van der Waals surface area contributed by atoms with Gasteiger partial charge in [-0.2, -0.15) is 0 Å². The molecule has 1 aromatic heterocycles. The van der Waals surface area contributed by atoms with E-state index in [0.29, 0.717) is 17.8 Å². The molecule has 0 bridgehead atoms. The summed E-state index contributed by atoms with van der Waals surface area (Å²) >= 11 is 0. The summed E-state index contributed by atoms with van der Waals surface area (Å²) in [4.78, 5) is 0. The van der Waals surface area contributed by atoms with E-state index in [1.807, 2.05) is 6.92 Å². The van der Waals surface area contributed by atoms with Crippen molar-refractivity contribution in [3.8, 4) is 0 Å².